The molecule has 4 rings (SSSR count). The topological polar surface area (TPSA) is 149 Å². The van der Waals surface area contributed by atoms with Gasteiger partial charge in [-0.15, -0.1) is 23.1 Å². The standard InChI is InChI=1S/C18H13N3O7S3/c1-9-2-5-13(21(24)25)15(6-9)31(26,27)28-10-3-4-11-14(7-10)30-17(19-11)16-20-12(8-29-16)18(22)23/h2-7,12H,8H2,1H3,(H,22,23). The Balaban J connectivity index is 1.66. The fraction of sp³-hybridized carbons (Fsp3) is 0.167. The summed E-state index contributed by atoms with van der Waals surface area (Å²) in [6.07, 6.45) is 0. The number of aliphatic imine (C=N–C) groups is 1. The SMILES string of the molecule is Cc1ccc([N+](=O)[O-])c(S(=O)(=O)Oc2ccc3nc(C4=NC(C(=O)O)CS4)sc3c2)c1. The van der Waals surface area contributed by atoms with E-state index in [1.165, 1.54) is 47.4 Å². The van der Waals surface area contributed by atoms with Gasteiger partial charge >= 0.3 is 16.1 Å². The van der Waals surface area contributed by atoms with Crippen LogP contribution in [0, 0.1) is 17.0 Å². The third kappa shape index (κ3) is 4.24. The number of aromatic nitrogens is 1. The van der Waals surface area contributed by atoms with Gasteiger partial charge < -0.3 is 9.29 Å². The van der Waals surface area contributed by atoms with Crippen LogP contribution in [0.3, 0.4) is 0 Å². The molecule has 0 saturated carbocycles. The molecular formula is C18H13N3O7S3. The van der Waals surface area contributed by atoms with Crippen LogP contribution in [0.25, 0.3) is 10.2 Å². The molecule has 0 fully saturated rings. The number of hydrogen-bond acceptors (Lipinski definition) is 10. The minimum atomic E-state index is -4.46. The number of nitro groups is 1. The van der Waals surface area contributed by atoms with E-state index in [0.29, 0.717) is 31.6 Å². The zero-order valence-electron chi connectivity index (χ0n) is 15.7. The highest BCUT2D eigenvalue weighted by molar-refractivity contribution is 8.15. The summed E-state index contributed by atoms with van der Waals surface area (Å²) in [7, 11) is -4.46. The first-order valence-electron chi connectivity index (χ1n) is 8.68. The molecule has 13 heteroatoms. The lowest BCUT2D eigenvalue weighted by Gasteiger charge is -2.08. The van der Waals surface area contributed by atoms with E-state index in [1.807, 2.05) is 0 Å². The highest BCUT2D eigenvalue weighted by Crippen LogP contribution is 2.33. The van der Waals surface area contributed by atoms with Crippen LogP contribution in [0.2, 0.25) is 0 Å². The van der Waals surface area contributed by atoms with Crippen molar-refractivity contribution >= 4 is 60.1 Å². The lowest BCUT2D eigenvalue weighted by Crippen LogP contribution is -2.17. The van der Waals surface area contributed by atoms with E-state index >= 15 is 0 Å². The van der Waals surface area contributed by atoms with Crippen LogP contribution < -0.4 is 4.18 Å². The lowest BCUT2D eigenvalue weighted by atomic mass is 10.2. The van der Waals surface area contributed by atoms with Crippen LogP contribution >= 0.6 is 23.1 Å². The first-order chi connectivity index (χ1) is 14.6. The van der Waals surface area contributed by atoms with Crippen LogP contribution in [-0.2, 0) is 14.9 Å². The molecule has 1 atom stereocenters. The van der Waals surface area contributed by atoms with E-state index < -0.39 is 37.6 Å². The van der Waals surface area contributed by atoms with Gasteiger partial charge in [0, 0.05) is 17.9 Å². The molecule has 10 nitrogen and oxygen atoms in total. The van der Waals surface area contributed by atoms with Crippen molar-refractivity contribution in [2.24, 2.45) is 4.99 Å². The number of aliphatic carboxylic acids is 1. The Morgan fingerprint density at radius 1 is 1.29 bits per heavy atom. The summed E-state index contributed by atoms with van der Waals surface area (Å²) in [5.74, 6) is -0.708. The summed E-state index contributed by atoms with van der Waals surface area (Å²) in [5, 5.41) is 21.3. The van der Waals surface area contributed by atoms with E-state index in [-0.39, 0.29) is 5.75 Å². The van der Waals surface area contributed by atoms with Crippen LogP contribution in [0.15, 0.2) is 46.3 Å². The Morgan fingerprint density at radius 2 is 2.06 bits per heavy atom. The molecule has 2 heterocycles. The fourth-order valence-electron chi connectivity index (χ4n) is 2.81. The van der Waals surface area contributed by atoms with E-state index in [1.54, 1.807) is 13.0 Å². The first-order valence-corrected chi connectivity index (χ1v) is 11.9. The highest BCUT2D eigenvalue weighted by atomic mass is 32.2. The summed E-state index contributed by atoms with van der Waals surface area (Å²) in [5.41, 5.74) is 0.522. The van der Waals surface area contributed by atoms with Gasteiger partial charge in [0.25, 0.3) is 5.69 Å². The number of carbonyl (C=O) groups is 1. The maximum Gasteiger partial charge on any atom is 0.346 e. The van der Waals surface area contributed by atoms with Gasteiger partial charge in [0.2, 0.25) is 0 Å². The Hall–Kier alpha value is -3.03. The molecule has 3 aromatic rings. The minimum Gasteiger partial charge on any atom is -0.480 e. The summed E-state index contributed by atoms with van der Waals surface area (Å²) < 4.78 is 31.2. The van der Waals surface area contributed by atoms with Gasteiger partial charge in [0.15, 0.2) is 10.9 Å². The summed E-state index contributed by atoms with van der Waals surface area (Å²) in [6, 6.07) is 7.35. The molecule has 160 valence electrons. The van der Waals surface area contributed by atoms with E-state index in [4.69, 9.17) is 9.29 Å². The fourth-order valence-corrected chi connectivity index (χ4v) is 6.08. The van der Waals surface area contributed by atoms with Gasteiger partial charge in [-0.05, 0) is 30.7 Å². The smallest absolute Gasteiger partial charge is 0.346 e. The van der Waals surface area contributed by atoms with E-state index in [0.717, 1.165) is 6.07 Å². The molecule has 0 bridgehead atoms. The number of carboxylic acids is 1. The van der Waals surface area contributed by atoms with Crippen LogP contribution in [0.1, 0.15) is 10.6 Å². The number of aryl methyl sites for hydroxylation is 1. The number of benzene rings is 2. The molecule has 0 radical (unpaired) electrons. The summed E-state index contributed by atoms with van der Waals surface area (Å²) in [6.45, 7) is 1.62. The monoisotopic (exact) mass is 479 g/mol. The van der Waals surface area contributed by atoms with Crippen LogP contribution in [-0.4, -0.2) is 46.2 Å². The molecule has 0 saturated heterocycles. The molecule has 1 aliphatic rings. The predicted molar refractivity (Wildman–Crippen MR) is 116 cm³/mol. The van der Waals surface area contributed by atoms with E-state index in [9.17, 15) is 23.3 Å². The number of nitro benzene ring substituents is 1. The maximum atomic E-state index is 12.7. The van der Waals surface area contributed by atoms with Gasteiger partial charge in [-0.25, -0.2) is 9.78 Å². The molecule has 31 heavy (non-hydrogen) atoms. The van der Waals surface area contributed by atoms with Crippen molar-refractivity contribution in [3.63, 3.8) is 0 Å². The van der Waals surface area contributed by atoms with Crippen molar-refractivity contribution in [2.75, 3.05) is 5.75 Å². The number of fused-ring (bicyclic) bond motifs is 1. The molecule has 1 aliphatic heterocycles. The number of carboxylic acid groups (broad SMARTS) is 1. The molecule has 2 aromatic carbocycles. The first kappa shape index (κ1) is 21.2. The van der Waals surface area contributed by atoms with Crippen molar-refractivity contribution in [1.29, 1.82) is 0 Å². The van der Waals surface area contributed by atoms with Crippen molar-refractivity contribution in [2.45, 2.75) is 17.9 Å². The molecule has 1 N–H and O–H groups in total. The largest absolute Gasteiger partial charge is 0.480 e. The quantitative estimate of drug-likeness (QED) is 0.319. The maximum absolute atomic E-state index is 12.7. The van der Waals surface area contributed by atoms with E-state index in [2.05, 4.69) is 9.98 Å². The molecular weight excluding hydrogens is 466 g/mol. The second kappa shape index (κ2) is 7.90. The number of thioether (sulfide) groups is 1. The van der Waals surface area contributed by atoms with Crippen molar-refractivity contribution in [3.05, 3.63) is 57.1 Å². The minimum absolute atomic E-state index is 0.0251. The lowest BCUT2D eigenvalue weighted by molar-refractivity contribution is -0.387. The number of hydrogen-bond donors (Lipinski definition) is 1. The van der Waals surface area contributed by atoms with Gasteiger partial charge in [-0.2, -0.15) is 8.42 Å². The molecule has 1 aromatic heterocycles. The summed E-state index contributed by atoms with van der Waals surface area (Å²) in [4.78, 5) is 29.6. The average Bonchev–Trinajstić information content (AvgIpc) is 3.34. The number of thiazole rings is 1. The van der Waals surface area contributed by atoms with Crippen molar-refractivity contribution in [1.82, 2.24) is 4.98 Å². The Bertz CT molecular complexity index is 1360. The van der Waals surface area contributed by atoms with Crippen molar-refractivity contribution < 1.29 is 27.4 Å². The average molecular weight is 480 g/mol. The second-order valence-corrected chi connectivity index (χ2v) is 10.1. The van der Waals surface area contributed by atoms with Gasteiger partial charge in [0.1, 0.15) is 15.8 Å². The third-order valence-electron chi connectivity index (χ3n) is 4.27. The molecule has 0 spiro atoms. The summed E-state index contributed by atoms with van der Waals surface area (Å²) >= 11 is 2.51. The van der Waals surface area contributed by atoms with Gasteiger partial charge in [-0.3, -0.25) is 15.1 Å². The normalized spacial score (nSPS) is 16.3. The number of nitrogens with zero attached hydrogens (tertiary/aromatic N) is 3. The molecule has 1 unspecified atom stereocenters. The molecule has 0 amide bonds. The predicted octanol–water partition coefficient (Wildman–Crippen LogP) is 3.23. The zero-order chi connectivity index (χ0) is 22.3. The molecule has 0 aliphatic carbocycles. The third-order valence-corrected chi connectivity index (χ3v) is 7.75. The van der Waals surface area contributed by atoms with Crippen molar-refractivity contribution in [3.8, 4) is 5.75 Å². The Kier molecular flexibility index (Phi) is 5.41. The number of rotatable bonds is 6. The Labute approximate surface area is 183 Å². The zero-order valence-corrected chi connectivity index (χ0v) is 18.2. The second-order valence-electron chi connectivity index (χ2n) is 6.51. The van der Waals surface area contributed by atoms with Gasteiger partial charge in [0.05, 0.1) is 15.1 Å². The Morgan fingerprint density at radius 3 is 2.74 bits per heavy atom. The van der Waals surface area contributed by atoms with Gasteiger partial charge in [-0.1, -0.05) is 6.07 Å². The highest BCUT2D eigenvalue weighted by Gasteiger charge is 2.29. The van der Waals surface area contributed by atoms with Crippen LogP contribution in [0.4, 0.5) is 5.69 Å². The van der Waals surface area contributed by atoms with Crippen LogP contribution in [0.5, 0.6) is 5.75 Å².